The van der Waals surface area contributed by atoms with Crippen LogP contribution >= 0.6 is 0 Å². The predicted octanol–water partition coefficient (Wildman–Crippen LogP) is 2.36. The Morgan fingerprint density at radius 3 is 3.00 bits per heavy atom. The van der Waals surface area contributed by atoms with Gasteiger partial charge in [0.1, 0.15) is 0 Å². The molecule has 2 heterocycles. The lowest BCUT2D eigenvalue weighted by Gasteiger charge is -2.22. The average molecular weight is 349 g/mol. The Bertz CT molecular complexity index is 893. The number of carbonyl (C=O) groups is 1. The van der Waals surface area contributed by atoms with Crippen molar-refractivity contribution in [3.8, 4) is 0 Å². The Kier molecular flexibility index (Phi) is 4.93. The molecule has 1 aliphatic rings. The number of hydrogen-bond acceptors (Lipinski definition) is 4. The Morgan fingerprint density at radius 2 is 2.12 bits per heavy atom. The summed E-state index contributed by atoms with van der Waals surface area (Å²) in [5.41, 5.74) is 1.46. The molecule has 6 heteroatoms. The van der Waals surface area contributed by atoms with Crippen LogP contribution in [-0.4, -0.2) is 34.0 Å². The minimum absolute atomic E-state index is 0.189. The third-order valence-electron chi connectivity index (χ3n) is 4.93. The van der Waals surface area contributed by atoms with E-state index in [1.54, 1.807) is 10.9 Å². The second-order valence-corrected chi connectivity index (χ2v) is 6.86. The quantitative estimate of drug-likeness (QED) is 0.742. The van der Waals surface area contributed by atoms with Crippen LogP contribution in [0.5, 0.6) is 0 Å². The Balaban J connectivity index is 1.39. The second-order valence-electron chi connectivity index (χ2n) is 6.86. The smallest absolute Gasteiger partial charge is 0.273 e. The fraction of sp³-hybridized carbons (Fsp3) is 0.350. The van der Waals surface area contributed by atoms with Crippen molar-refractivity contribution in [1.29, 1.82) is 0 Å². The van der Waals surface area contributed by atoms with E-state index < -0.39 is 0 Å². The highest BCUT2D eigenvalue weighted by atomic mass is 16.2. The molecule has 0 unspecified atom stereocenters. The number of hydrogen-bond donors (Lipinski definition) is 2. The van der Waals surface area contributed by atoms with Crippen LogP contribution in [0, 0.1) is 5.92 Å². The van der Waals surface area contributed by atoms with E-state index >= 15 is 0 Å². The van der Waals surface area contributed by atoms with Crippen LogP contribution in [0.15, 0.2) is 48.7 Å². The van der Waals surface area contributed by atoms with Crippen LogP contribution in [0.1, 0.15) is 28.9 Å². The van der Waals surface area contributed by atoms with Gasteiger partial charge in [0, 0.05) is 13.1 Å². The Hall–Kier alpha value is -2.73. The van der Waals surface area contributed by atoms with Gasteiger partial charge >= 0.3 is 0 Å². The van der Waals surface area contributed by atoms with E-state index in [0.717, 1.165) is 30.6 Å². The molecule has 1 saturated heterocycles. The van der Waals surface area contributed by atoms with Gasteiger partial charge in [0.2, 0.25) is 0 Å². The maximum atomic E-state index is 12.4. The number of rotatable bonds is 5. The van der Waals surface area contributed by atoms with E-state index in [0.29, 0.717) is 18.2 Å². The molecular formula is C20H23N5O. The lowest BCUT2D eigenvalue weighted by atomic mass is 10.00. The highest BCUT2D eigenvalue weighted by molar-refractivity contribution is 5.92. The molecule has 6 nitrogen and oxygen atoms in total. The average Bonchev–Trinajstić information content (AvgIpc) is 3.15. The van der Waals surface area contributed by atoms with Crippen molar-refractivity contribution < 1.29 is 4.79 Å². The van der Waals surface area contributed by atoms with Gasteiger partial charge in [0.25, 0.3) is 5.91 Å². The number of carbonyl (C=O) groups excluding carboxylic acids is 1. The summed E-state index contributed by atoms with van der Waals surface area (Å²) in [7, 11) is 0. The summed E-state index contributed by atoms with van der Waals surface area (Å²) in [5, 5.41) is 16.8. The van der Waals surface area contributed by atoms with E-state index in [9.17, 15) is 4.79 Å². The van der Waals surface area contributed by atoms with E-state index in [2.05, 4.69) is 39.1 Å². The molecule has 1 amide bonds. The molecule has 0 saturated carbocycles. The van der Waals surface area contributed by atoms with Gasteiger partial charge in [-0.15, -0.1) is 5.10 Å². The van der Waals surface area contributed by atoms with Crippen molar-refractivity contribution >= 4 is 16.7 Å². The summed E-state index contributed by atoms with van der Waals surface area (Å²) in [4.78, 5) is 12.4. The molecule has 0 radical (unpaired) electrons. The van der Waals surface area contributed by atoms with E-state index in [1.165, 1.54) is 18.2 Å². The fourth-order valence-corrected chi connectivity index (χ4v) is 3.55. The molecule has 1 fully saturated rings. The van der Waals surface area contributed by atoms with Crippen molar-refractivity contribution in [2.24, 2.45) is 5.92 Å². The van der Waals surface area contributed by atoms with E-state index in [1.807, 2.05) is 24.3 Å². The van der Waals surface area contributed by atoms with Crippen molar-refractivity contribution in [2.45, 2.75) is 25.9 Å². The fourth-order valence-electron chi connectivity index (χ4n) is 3.55. The number of piperidine rings is 1. The van der Waals surface area contributed by atoms with E-state index in [-0.39, 0.29) is 5.91 Å². The van der Waals surface area contributed by atoms with Gasteiger partial charge in [-0.3, -0.25) is 9.48 Å². The number of fused-ring (bicyclic) bond motifs is 1. The molecular weight excluding hydrogens is 326 g/mol. The van der Waals surface area contributed by atoms with Crippen LogP contribution < -0.4 is 10.6 Å². The van der Waals surface area contributed by atoms with Crippen LogP contribution in [0.25, 0.3) is 10.8 Å². The minimum atomic E-state index is -0.189. The highest BCUT2D eigenvalue weighted by Gasteiger charge is 2.16. The molecule has 0 aliphatic carbocycles. The van der Waals surface area contributed by atoms with Gasteiger partial charge in [-0.1, -0.05) is 47.7 Å². The molecule has 3 aromatic rings. The third kappa shape index (κ3) is 3.75. The van der Waals surface area contributed by atoms with Gasteiger partial charge < -0.3 is 10.6 Å². The number of benzene rings is 2. The topological polar surface area (TPSA) is 71.8 Å². The Labute approximate surface area is 152 Å². The summed E-state index contributed by atoms with van der Waals surface area (Å²) in [6.07, 6.45) is 4.13. The standard InChI is InChI=1S/C20H23N5O/c26-20(19-14-25(24-23-19)13-15-5-4-10-21-11-15)22-12-17-8-3-7-16-6-1-2-9-18(16)17/h1-3,6-9,14-15,21H,4-5,10-13H2,(H,22,26)/t15-/m0/s1. The maximum Gasteiger partial charge on any atom is 0.273 e. The zero-order valence-electron chi connectivity index (χ0n) is 14.7. The van der Waals surface area contributed by atoms with Crippen LogP contribution in [0.3, 0.4) is 0 Å². The van der Waals surface area contributed by atoms with Crippen molar-refractivity contribution in [2.75, 3.05) is 13.1 Å². The molecule has 2 aromatic carbocycles. The van der Waals surface area contributed by atoms with Crippen LogP contribution in [0.4, 0.5) is 0 Å². The Morgan fingerprint density at radius 1 is 1.23 bits per heavy atom. The first-order chi connectivity index (χ1) is 12.8. The molecule has 1 aliphatic heterocycles. The molecule has 26 heavy (non-hydrogen) atoms. The summed E-state index contributed by atoms with van der Waals surface area (Å²) in [6.45, 7) is 3.37. The largest absolute Gasteiger partial charge is 0.346 e. The number of amides is 1. The third-order valence-corrected chi connectivity index (χ3v) is 4.93. The van der Waals surface area contributed by atoms with Gasteiger partial charge in [-0.25, -0.2) is 0 Å². The summed E-state index contributed by atoms with van der Waals surface area (Å²) in [5.74, 6) is 0.364. The van der Waals surface area contributed by atoms with Crippen molar-refractivity contribution in [1.82, 2.24) is 25.6 Å². The van der Waals surface area contributed by atoms with Gasteiger partial charge in [0.05, 0.1) is 6.20 Å². The molecule has 0 bridgehead atoms. The van der Waals surface area contributed by atoms with Gasteiger partial charge in [-0.05, 0) is 48.2 Å². The first-order valence-electron chi connectivity index (χ1n) is 9.15. The SMILES string of the molecule is O=C(NCc1cccc2ccccc12)c1cn(C[C@H]2CCCNC2)nn1. The monoisotopic (exact) mass is 349 g/mol. The number of nitrogens with zero attached hydrogens (tertiary/aromatic N) is 3. The number of nitrogens with one attached hydrogen (secondary N) is 2. The van der Waals surface area contributed by atoms with Crippen LogP contribution in [0.2, 0.25) is 0 Å². The normalized spacial score (nSPS) is 17.3. The summed E-state index contributed by atoms with van der Waals surface area (Å²) >= 11 is 0. The predicted molar refractivity (Wildman–Crippen MR) is 101 cm³/mol. The lowest BCUT2D eigenvalue weighted by Crippen LogP contribution is -2.32. The second kappa shape index (κ2) is 7.66. The zero-order chi connectivity index (χ0) is 17.8. The lowest BCUT2D eigenvalue weighted by molar-refractivity contribution is 0.0946. The summed E-state index contributed by atoms with van der Waals surface area (Å²) < 4.78 is 1.78. The molecule has 1 atom stereocenters. The highest BCUT2D eigenvalue weighted by Crippen LogP contribution is 2.18. The van der Waals surface area contributed by atoms with Crippen LogP contribution in [-0.2, 0) is 13.1 Å². The summed E-state index contributed by atoms with van der Waals surface area (Å²) in [6, 6.07) is 14.3. The van der Waals surface area contributed by atoms with Crippen molar-refractivity contribution in [3.63, 3.8) is 0 Å². The maximum absolute atomic E-state index is 12.4. The van der Waals surface area contributed by atoms with Gasteiger partial charge in [0.15, 0.2) is 5.69 Å². The number of aromatic nitrogens is 3. The molecule has 4 rings (SSSR count). The van der Waals surface area contributed by atoms with Gasteiger partial charge in [-0.2, -0.15) is 0 Å². The molecule has 1 aromatic heterocycles. The zero-order valence-corrected chi connectivity index (χ0v) is 14.7. The first kappa shape index (κ1) is 16.7. The molecule has 134 valence electrons. The molecule has 0 spiro atoms. The minimum Gasteiger partial charge on any atom is -0.346 e. The first-order valence-corrected chi connectivity index (χ1v) is 9.15. The molecule has 2 N–H and O–H groups in total. The van der Waals surface area contributed by atoms with E-state index in [4.69, 9.17) is 0 Å². The van der Waals surface area contributed by atoms with Crippen molar-refractivity contribution in [3.05, 3.63) is 59.9 Å².